The highest BCUT2D eigenvalue weighted by Gasteiger charge is 2.41. The van der Waals surface area contributed by atoms with Gasteiger partial charge in [0.2, 0.25) is 12.3 Å². The molecule has 3 heterocycles. The molecule has 0 aliphatic carbocycles. The summed E-state index contributed by atoms with van der Waals surface area (Å²) < 4.78 is 5.29. The molecular formula is C31H40N4O4. The second kappa shape index (κ2) is 13.7. The summed E-state index contributed by atoms with van der Waals surface area (Å²) in [6.07, 6.45) is 9.62. The fourth-order valence-electron chi connectivity index (χ4n) is 5.10. The van der Waals surface area contributed by atoms with Crippen molar-refractivity contribution < 1.29 is 18.8 Å². The van der Waals surface area contributed by atoms with E-state index in [-0.39, 0.29) is 23.8 Å². The maximum absolute atomic E-state index is 13.1. The molecule has 0 saturated carbocycles. The number of likely N-dealkylation sites (tertiary alicyclic amines) is 1. The van der Waals surface area contributed by atoms with Crippen molar-refractivity contribution >= 4 is 18.2 Å². The highest BCUT2D eigenvalue weighted by atomic mass is 16.3. The maximum Gasteiger partial charge on any atom is 0.255 e. The van der Waals surface area contributed by atoms with Crippen molar-refractivity contribution in [1.82, 2.24) is 20.1 Å². The van der Waals surface area contributed by atoms with Crippen LogP contribution in [0.3, 0.4) is 0 Å². The Morgan fingerprint density at radius 3 is 2.51 bits per heavy atom. The average molecular weight is 533 g/mol. The Morgan fingerprint density at radius 2 is 2.00 bits per heavy atom. The van der Waals surface area contributed by atoms with E-state index in [1.165, 1.54) is 6.39 Å². The minimum Gasteiger partial charge on any atom is -0.443 e. The Balaban J connectivity index is 0.000000230. The Hall–Kier alpha value is -3.94. The van der Waals surface area contributed by atoms with Gasteiger partial charge < -0.3 is 19.5 Å². The topological polar surface area (TPSA) is 95.8 Å². The van der Waals surface area contributed by atoms with Gasteiger partial charge >= 0.3 is 0 Å². The zero-order valence-electron chi connectivity index (χ0n) is 23.6. The van der Waals surface area contributed by atoms with Crippen LogP contribution in [-0.2, 0) is 20.9 Å². The summed E-state index contributed by atoms with van der Waals surface area (Å²) in [6, 6.07) is 7.68. The number of carbonyl (C=O) groups is 3. The number of carbonyl (C=O) groups excluding carboxylic acids is 3. The van der Waals surface area contributed by atoms with Crippen molar-refractivity contribution in [1.29, 1.82) is 0 Å². The number of rotatable bonds is 9. The fourth-order valence-corrected chi connectivity index (χ4v) is 5.10. The number of nitrogens with zero attached hydrogens (tertiary/aromatic N) is 3. The minimum atomic E-state index is -0.402. The molecule has 3 amide bonds. The molecule has 1 aromatic carbocycles. The fraction of sp³-hybridized carbons (Fsp3) is 0.419. The standard InChI is InChI=1S/C19H28N2O2.C12H12N2O2/c1-6-9-16-15(7-2)12-21(18(16)22)17(13(3)4)19(23)20-11-8-10-14(20)5;1-9-12(16-8-14-9)11-4-2-10(3-5-11)6-13-7-15/h6-7,9,13-14,17H,2,8,10-12H2,1,3-5H3;2-5,7-8H,6H2,1H3,(H,13,15)/b9-6-;. The van der Waals surface area contributed by atoms with E-state index in [4.69, 9.17) is 4.42 Å². The number of allylic oxidation sites excluding steroid dienone is 1. The molecule has 39 heavy (non-hydrogen) atoms. The molecule has 1 aromatic heterocycles. The third-order valence-corrected chi connectivity index (χ3v) is 7.17. The van der Waals surface area contributed by atoms with Crippen LogP contribution in [0.4, 0.5) is 0 Å². The van der Waals surface area contributed by atoms with E-state index in [0.717, 1.165) is 47.5 Å². The van der Waals surface area contributed by atoms with Gasteiger partial charge in [-0.2, -0.15) is 0 Å². The quantitative estimate of drug-likeness (QED) is 0.467. The van der Waals surface area contributed by atoms with Gasteiger partial charge in [-0.05, 0) is 50.7 Å². The van der Waals surface area contributed by atoms with Crippen molar-refractivity contribution in [2.45, 2.75) is 66.1 Å². The lowest BCUT2D eigenvalue weighted by Gasteiger charge is -2.35. The Labute approximate surface area is 231 Å². The van der Waals surface area contributed by atoms with Crippen LogP contribution < -0.4 is 5.32 Å². The normalized spacial score (nSPS) is 18.0. The second-order valence-electron chi connectivity index (χ2n) is 10.3. The summed E-state index contributed by atoms with van der Waals surface area (Å²) in [5, 5.41) is 2.61. The molecular weight excluding hydrogens is 492 g/mol. The zero-order valence-corrected chi connectivity index (χ0v) is 23.6. The SMILES string of the molecule is C=CC1=C(/C=C\C)C(=O)N(C(C(=O)N2CCCC2C)C(C)C)C1.Cc1ncoc1-c1ccc(CNC=O)cc1. The molecule has 0 spiro atoms. The van der Waals surface area contributed by atoms with Gasteiger partial charge in [0.05, 0.1) is 5.69 Å². The summed E-state index contributed by atoms with van der Waals surface area (Å²) in [6.45, 7) is 15.5. The monoisotopic (exact) mass is 532 g/mol. The molecule has 2 atom stereocenters. The molecule has 1 saturated heterocycles. The zero-order chi connectivity index (χ0) is 28.5. The minimum absolute atomic E-state index is 0.0584. The van der Waals surface area contributed by atoms with E-state index in [9.17, 15) is 14.4 Å². The van der Waals surface area contributed by atoms with Gasteiger partial charge in [0, 0.05) is 36.8 Å². The van der Waals surface area contributed by atoms with E-state index in [1.807, 2.05) is 69.0 Å². The van der Waals surface area contributed by atoms with Gasteiger partial charge in [0.15, 0.2) is 12.2 Å². The maximum atomic E-state index is 13.1. The first-order chi connectivity index (χ1) is 18.7. The molecule has 2 unspecified atom stereocenters. The predicted molar refractivity (Wildman–Crippen MR) is 152 cm³/mol. The summed E-state index contributed by atoms with van der Waals surface area (Å²) >= 11 is 0. The number of hydrogen-bond acceptors (Lipinski definition) is 5. The Bertz CT molecular complexity index is 1230. The van der Waals surface area contributed by atoms with Crippen LogP contribution in [-0.4, -0.2) is 58.2 Å². The van der Waals surface area contributed by atoms with Crippen LogP contribution in [0.5, 0.6) is 0 Å². The number of aromatic nitrogens is 1. The van der Waals surface area contributed by atoms with Crippen LogP contribution >= 0.6 is 0 Å². The van der Waals surface area contributed by atoms with Crippen LogP contribution in [0.1, 0.15) is 51.8 Å². The highest BCUT2D eigenvalue weighted by Crippen LogP contribution is 2.29. The van der Waals surface area contributed by atoms with Gasteiger partial charge in [0.1, 0.15) is 6.04 Å². The van der Waals surface area contributed by atoms with E-state index in [0.29, 0.717) is 25.1 Å². The lowest BCUT2D eigenvalue weighted by atomic mass is 10.0. The Morgan fingerprint density at radius 1 is 1.28 bits per heavy atom. The summed E-state index contributed by atoms with van der Waals surface area (Å²) in [7, 11) is 0. The van der Waals surface area contributed by atoms with Crippen molar-refractivity contribution in [3.63, 3.8) is 0 Å². The first kappa shape index (κ1) is 29.6. The molecule has 4 rings (SSSR count). The molecule has 8 heteroatoms. The number of benzene rings is 1. The third kappa shape index (κ3) is 6.93. The van der Waals surface area contributed by atoms with Crippen molar-refractivity contribution in [2.24, 2.45) is 5.92 Å². The first-order valence-corrected chi connectivity index (χ1v) is 13.5. The summed E-state index contributed by atoms with van der Waals surface area (Å²) in [5.41, 5.74) is 4.48. The van der Waals surface area contributed by atoms with Crippen molar-refractivity contribution in [2.75, 3.05) is 13.1 Å². The predicted octanol–water partition coefficient (Wildman–Crippen LogP) is 4.82. The number of amides is 3. The number of nitrogens with one attached hydrogen (secondary N) is 1. The molecule has 2 aromatic rings. The van der Waals surface area contributed by atoms with E-state index in [2.05, 4.69) is 23.8 Å². The average Bonchev–Trinajstić information content (AvgIpc) is 3.63. The molecule has 208 valence electrons. The van der Waals surface area contributed by atoms with Crippen molar-refractivity contribution in [3.8, 4) is 11.3 Å². The van der Waals surface area contributed by atoms with E-state index >= 15 is 0 Å². The van der Waals surface area contributed by atoms with Crippen molar-refractivity contribution in [3.05, 3.63) is 77.9 Å². The molecule has 1 fully saturated rings. The molecule has 2 aliphatic rings. The van der Waals surface area contributed by atoms with Crippen LogP contribution in [0.15, 0.2) is 71.0 Å². The molecule has 1 N–H and O–H groups in total. The molecule has 2 aliphatic heterocycles. The Kier molecular flexibility index (Phi) is 10.4. The number of hydrogen-bond donors (Lipinski definition) is 1. The molecule has 0 bridgehead atoms. The molecule has 0 radical (unpaired) electrons. The van der Waals surface area contributed by atoms with Gasteiger partial charge in [-0.15, -0.1) is 0 Å². The smallest absolute Gasteiger partial charge is 0.255 e. The lowest BCUT2D eigenvalue weighted by molar-refractivity contribution is -0.145. The highest BCUT2D eigenvalue weighted by molar-refractivity contribution is 6.03. The van der Waals surface area contributed by atoms with Gasteiger partial charge in [0.25, 0.3) is 5.91 Å². The van der Waals surface area contributed by atoms with Crippen LogP contribution in [0, 0.1) is 12.8 Å². The molecule has 8 nitrogen and oxygen atoms in total. The summed E-state index contributed by atoms with van der Waals surface area (Å²) in [4.78, 5) is 43.7. The van der Waals surface area contributed by atoms with E-state index < -0.39 is 6.04 Å². The van der Waals surface area contributed by atoms with Gasteiger partial charge in [-0.1, -0.05) is 62.9 Å². The largest absolute Gasteiger partial charge is 0.443 e. The summed E-state index contributed by atoms with van der Waals surface area (Å²) in [5.74, 6) is 0.894. The third-order valence-electron chi connectivity index (χ3n) is 7.17. The van der Waals surface area contributed by atoms with Crippen LogP contribution in [0.2, 0.25) is 0 Å². The van der Waals surface area contributed by atoms with Crippen LogP contribution in [0.25, 0.3) is 11.3 Å². The second-order valence-corrected chi connectivity index (χ2v) is 10.3. The lowest BCUT2D eigenvalue weighted by Crippen LogP contribution is -2.53. The van der Waals surface area contributed by atoms with Gasteiger partial charge in [-0.3, -0.25) is 14.4 Å². The number of oxazole rings is 1. The first-order valence-electron chi connectivity index (χ1n) is 13.5. The van der Waals surface area contributed by atoms with Gasteiger partial charge in [-0.25, -0.2) is 4.98 Å². The van der Waals surface area contributed by atoms with E-state index in [1.54, 1.807) is 11.0 Å². The number of aryl methyl sites for hydroxylation is 1.